The van der Waals surface area contributed by atoms with E-state index in [0.29, 0.717) is 5.92 Å². The summed E-state index contributed by atoms with van der Waals surface area (Å²) in [6.45, 7) is 8.63. The zero-order valence-corrected chi connectivity index (χ0v) is 18.2. The number of aromatic nitrogens is 1. The van der Waals surface area contributed by atoms with Gasteiger partial charge in [0.2, 0.25) is 0 Å². The van der Waals surface area contributed by atoms with E-state index in [1.54, 1.807) is 7.11 Å². The van der Waals surface area contributed by atoms with Crippen LogP contribution in [0.1, 0.15) is 30.6 Å². The van der Waals surface area contributed by atoms with E-state index in [1.807, 2.05) is 29.2 Å². The Kier molecular flexibility index (Phi) is 5.98. The Bertz CT molecular complexity index is 1010. The van der Waals surface area contributed by atoms with Crippen molar-refractivity contribution < 1.29 is 9.53 Å². The maximum atomic E-state index is 13.5. The summed E-state index contributed by atoms with van der Waals surface area (Å²) >= 11 is 0. The lowest BCUT2D eigenvalue weighted by Crippen LogP contribution is -2.35. The minimum Gasteiger partial charge on any atom is -0.497 e. The van der Waals surface area contributed by atoms with Crippen molar-refractivity contribution in [3.63, 3.8) is 0 Å². The predicted octanol–water partition coefficient (Wildman–Crippen LogP) is 4.66. The third-order valence-corrected chi connectivity index (χ3v) is 5.80. The van der Waals surface area contributed by atoms with E-state index in [2.05, 4.69) is 53.8 Å². The SMILES string of the molecule is COc1ccc(N2CCCN(C(=O)c3cn(CC(C)C)c4ccccc34)CC2)cc1. The van der Waals surface area contributed by atoms with Crippen molar-refractivity contribution in [1.29, 1.82) is 0 Å². The van der Waals surface area contributed by atoms with Gasteiger partial charge in [0.25, 0.3) is 5.91 Å². The standard InChI is InChI=1S/C25H31N3O2/c1-19(2)17-28-18-23(22-7-4-5-8-24(22)28)25(29)27-14-6-13-26(15-16-27)20-9-11-21(30-3)12-10-20/h4-5,7-12,18-19H,6,13-17H2,1-3H3. The lowest BCUT2D eigenvalue weighted by Gasteiger charge is -2.24. The number of benzene rings is 2. The number of rotatable bonds is 5. The van der Waals surface area contributed by atoms with E-state index in [-0.39, 0.29) is 5.91 Å². The van der Waals surface area contributed by atoms with Gasteiger partial charge in [-0.15, -0.1) is 0 Å². The van der Waals surface area contributed by atoms with Gasteiger partial charge in [0, 0.05) is 55.5 Å². The van der Waals surface area contributed by atoms with Crippen LogP contribution in [-0.2, 0) is 6.54 Å². The van der Waals surface area contributed by atoms with E-state index >= 15 is 0 Å². The maximum absolute atomic E-state index is 13.5. The molecule has 1 aliphatic heterocycles. The molecule has 5 heteroatoms. The van der Waals surface area contributed by atoms with Crippen molar-refractivity contribution in [2.75, 3.05) is 38.2 Å². The summed E-state index contributed by atoms with van der Waals surface area (Å²) in [5.74, 6) is 1.54. The van der Waals surface area contributed by atoms with Crippen molar-refractivity contribution in [2.24, 2.45) is 5.92 Å². The summed E-state index contributed by atoms with van der Waals surface area (Å²) in [6, 6.07) is 16.4. The highest BCUT2D eigenvalue weighted by molar-refractivity contribution is 6.07. The minimum atomic E-state index is 0.144. The van der Waals surface area contributed by atoms with Gasteiger partial charge in [-0.05, 0) is 42.7 Å². The molecular weight excluding hydrogens is 374 g/mol. The Hall–Kier alpha value is -2.95. The number of hydrogen-bond acceptors (Lipinski definition) is 3. The normalized spacial score (nSPS) is 14.9. The number of fused-ring (bicyclic) bond motifs is 1. The topological polar surface area (TPSA) is 37.7 Å². The molecule has 0 spiro atoms. The lowest BCUT2D eigenvalue weighted by atomic mass is 10.1. The zero-order chi connectivity index (χ0) is 21.1. The van der Waals surface area contributed by atoms with Crippen LogP contribution in [0.3, 0.4) is 0 Å². The molecule has 0 saturated carbocycles. The number of methoxy groups -OCH3 is 1. The quantitative estimate of drug-likeness (QED) is 0.620. The van der Waals surface area contributed by atoms with E-state index in [4.69, 9.17) is 4.74 Å². The average Bonchev–Trinajstić information content (AvgIpc) is 2.95. The first-order valence-electron chi connectivity index (χ1n) is 10.8. The molecule has 4 rings (SSSR count). The largest absolute Gasteiger partial charge is 0.497 e. The van der Waals surface area contributed by atoms with Gasteiger partial charge in [0.1, 0.15) is 5.75 Å². The molecule has 5 nitrogen and oxygen atoms in total. The maximum Gasteiger partial charge on any atom is 0.256 e. The van der Waals surface area contributed by atoms with Gasteiger partial charge in [-0.3, -0.25) is 4.79 Å². The van der Waals surface area contributed by atoms with Crippen LogP contribution < -0.4 is 9.64 Å². The van der Waals surface area contributed by atoms with Gasteiger partial charge in [0.05, 0.1) is 12.7 Å². The first-order valence-corrected chi connectivity index (χ1v) is 10.8. The van der Waals surface area contributed by atoms with Gasteiger partial charge in [-0.2, -0.15) is 0 Å². The fourth-order valence-electron chi connectivity index (χ4n) is 4.30. The Labute approximate surface area is 178 Å². The van der Waals surface area contributed by atoms with Gasteiger partial charge in [-0.1, -0.05) is 32.0 Å². The van der Waals surface area contributed by atoms with E-state index in [1.165, 1.54) is 5.69 Å². The fraction of sp³-hybridized carbons (Fsp3) is 0.400. The number of nitrogens with zero attached hydrogens (tertiary/aromatic N) is 3. The van der Waals surface area contributed by atoms with Crippen molar-refractivity contribution in [3.8, 4) is 5.75 Å². The molecule has 1 aliphatic rings. The summed E-state index contributed by atoms with van der Waals surface area (Å²) < 4.78 is 7.50. The van der Waals surface area contributed by atoms with Crippen molar-refractivity contribution in [3.05, 3.63) is 60.3 Å². The van der Waals surface area contributed by atoms with E-state index < -0.39 is 0 Å². The molecule has 0 aliphatic carbocycles. The van der Waals surface area contributed by atoms with Gasteiger partial charge >= 0.3 is 0 Å². The third-order valence-electron chi connectivity index (χ3n) is 5.80. The van der Waals surface area contributed by atoms with Gasteiger partial charge < -0.3 is 19.1 Å². The number of anilines is 1. The summed E-state index contributed by atoms with van der Waals surface area (Å²) in [6.07, 6.45) is 3.02. The molecule has 2 heterocycles. The van der Waals surface area contributed by atoms with Gasteiger partial charge in [0.15, 0.2) is 0 Å². The molecule has 0 bridgehead atoms. The molecule has 158 valence electrons. The molecule has 0 radical (unpaired) electrons. The Balaban J connectivity index is 1.53. The van der Waals surface area contributed by atoms with Crippen LogP contribution in [0.5, 0.6) is 5.75 Å². The third kappa shape index (κ3) is 4.16. The van der Waals surface area contributed by atoms with Gasteiger partial charge in [-0.25, -0.2) is 0 Å². The summed E-state index contributed by atoms with van der Waals surface area (Å²) in [5, 5.41) is 1.06. The van der Waals surface area contributed by atoms with Crippen LogP contribution in [0.4, 0.5) is 5.69 Å². The highest BCUT2D eigenvalue weighted by Gasteiger charge is 2.23. The number of carbonyl (C=O) groups excluding carboxylic acids is 1. The Morgan fingerprint density at radius 2 is 1.77 bits per heavy atom. The summed E-state index contributed by atoms with van der Waals surface area (Å²) in [4.78, 5) is 17.8. The molecular formula is C25H31N3O2. The zero-order valence-electron chi connectivity index (χ0n) is 18.2. The first kappa shape index (κ1) is 20.3. The smallest absolute Gasteiger partial charge is 0.256 e. The molecule has 30 heavy (non-hydrogen) atoms. The highest BCUT2D eigenvalue weighted by Crippen LogP contribution is 2.25. The fourth-order valence-corrected chi connectivity index (χ4v) is 4.30. The molecule has 1 aromatic heterocycles. The van der Waals surface area contributed by atoms with Crippen LogP contribution >= 0.6 is 0 Å². The number of ether oxygens (including phenoxy) is 1. The number of hydrogen-bond donors (Lipinski definition) is 0. The van der Waals surface area contributed by atoms with Crippen molar-refractivity contribution in [2.45, 2.75) is 26.8 Å². The van der Waals surface area contributed by atoms with E-state index in [9.17, 15) is 4.79 Å². The number of amides is 1. The van der Waals surface area contributed by atoms with E-state index in [0.717, 1.165) is 61.4 Å². The molecule has 1 saturated heterocycles. The second kappa shape index (κ2) is 8.82. The second-order valence-corrected chi connectivity index (χ2v) is 8.44. The van der Waals surface area contributed by atoms with Crippen LogP contribution in [0.2, 0.25) is 0 Å². The lowest BCUT2D eigenvalue weighted by molar-refractivity contribution is 0.0768. The van der Waals surface area contributed by atoms with Crippen LogP contribution in [0, 0.1) is 5.92 Å². The first-order chi connectivity index (χ1) is 14.6. The predicted molar refractivity (Wildman–Crippen MR) is 123 cm³/mol. The number of carbonyl (C=O) groups is 1. The molecule has 1 fully saturated rings. The molecule has 0 atom stereocenters. The molecule has 2 aromatic carbocycles. The Morgan fingerprint density at radius 3 is 2.50 bits per heavy atom. The van der Waals surface area contributed by atoms with Crippen LogP contribution in [-0.4, -0.2) is 48.7 Å². The number of para-hydroxylation sites is 1. The summed E-state index contributed by atoms with van der Waals surface area (Å²) in [7, 11) is 1.68. The highest BCUT2D eigenvalue weighted by atomic mass is 16.5. The summed E-state index contributed by atoms with van der Waals surface area (Å²) in [5.41, 5.74) is 3.15. The van der Waals surface area contributed by atoms with Crippen molar-refractivity contribution >= 4 is 22.5 Å². The van der Waals surface area contributed by atoms with Crippen molar-refractivity contribution in [1.82, 2.24) is 9.47 Å². The minimum absolute atomic E-state index is 0.144. The average molecular weight is 406 g/mol. The monoisotopic (exact) mass is 405 g/mol. The molecule has 1 amide bonds. The molecule has 0 unspecified atom stereocenters. The van der Waals surface area contributed by atoms with Crippen LogP contribution in [0.15, 0.2) is 54.7 Å². The van der Waals surface area contributed by atoms with Crippen LogP contribution in [0.25, 0.3) is 10.9 Å². The second-order valence-electron chi connectivity index (χ2n) is 8.44. The molecule has 3 aromatic rings. The Morgan fingerprint density at radius 1 is 1.00 bits per heavy atom. The molecule has 0 N–H and O–H groups in total.